The summed E-state index contributed by atoms with van der Waals surface area (Å²) in [6.45, 7) is 0.793. The Morgan fingerprint density at radius 1 is 1.30 bits per heavy atom. The average Bonchev–Trinajstić information content (AvgIpc) is 2.86. The minimum absolute atomic E-state index is 0.0125. The molecular weight excluding hydrogens is 498 g/mol. The highest BCUT2D eigenvalue weighted by molar-refractivity contribution is 5.93. The maximum Gasteiger partial charge on any atom is 0.257 e. The summed E-state index contributed by atoms with van der Waals surface area (Å²) in [5, 5.41) is 23.1. The molecule has 1 saturated heterocycles. The number of nitrogens with zero attached hydrogens (tertiary/aromatic N) is 4. The first kappa shape index (κ1) is 26.2. The molecule has 1 amide bonds. The summed E-state index contributed by atoms with van der Waals surface area (Å²) in [7, 11) is 0. The second kappa shape index (κ2) is 10.6. The van der Waals surface area contributed by atoms with Crippen LogP contribution in [0, 0.1) is 16.8 Å². The number of halogens is 4. The number of amides is 1. The van der Waals surface area contributed by atoms with E-state index in [2.05, 4.69) is 15.3 Å². The number of ether oxygens (including phenoxy) is 1. The number of carbonyl (C=O) groups is 1. The van der Waals surface area contributed by atoms with Crippen molar-refractivity contribution < 1.29 is 36.9 Å². The van der Waals surface area contributed by atoms with Crippen molar-refractivity contribution in [3.8, 4) is 11.6 Å². The van der Waals surface area contributed by atoms with Crippen molar-refractivity contribution in [1.82, 2.24) is 14.9 Å². The Morgan fingerprint density at radius 2 is 2.03 bits per heavy atom. The van der Waals surface area contributed by atoms with Crippen molar-refractivity contribution in [2.24, 2.45) is 0 Å². The first-order chi connectivity index (χ1) is 17.6. The predicted octanol–water partition coefficient (Wildman–Crippen LogP) is 3.12. The molecule has 9 nitrogen and oxygen atoms in total. The molecule has 2 atom stereocenters. The smallest absolute Gasteiger partial charge is 0.257 e. The van der Waals surface area contributed by atoms with Gasteiger partial charge in [-0.05, 0) is 18.6 Å². The molecule has 0 aliphatic carbocycles. The van der Waals surface area contributed by atoms with Gasteiger partial charge in [0.2, 0.25) is 11.8 Å². The van der Waals surface area contributed by atoms with Gasteiger partial charge in [0.15, 0.2) is 29.8 Å². The van der Waals surface area contributed by atoms with Gasteiger partial charge >= 0.3 is 0 Å². The van der Waals surface area contributed by atoms with E-state index in [1.165, 1.54) is 12.1 Å². The highest BCUT2D eigenvalue weighted by atomic mass is 19.3. The summed E-state index contributed by atoms with van der Waals surface area (Å²) in [5.74, 6) is -7.16. The fourth-order valence-corrected chi connectivity index (χ4v) is 4.06. The normalized spacial score (nSPS) is 18.3. The first-order valence-electron chi connectivity index (χ1n) is 11.3. The minimum atomic E-state index is -3.00. The molecule has 0 saturated carbocycles. The number of pyridine rings is 1. The standard InChI is InChI=1S/C24H23F4N5O4/c1-14(32-7-4-24(27,28)18(12-32)15-2-5-33(36)6-3-15)23(35)31-20-10-30-21(11-29-20)37-22-16(13-34)8-17(25)9-19(22)26/h2-3,5-6,8-11,14,18,34H,4,7,12-13H2,1H3,(H,29,31,35)/t14-,18+/m0/s1. The van der Waals surface area contributed by atoms with Crippen LogP contribution in [0.15, 0.2) is 49.1 Å². The molecule has 2 aromatic heterocycles. The molecule has 0 spiro atoms. The van der Waals surface area contributed by atoms with Gasteiger partial charge in [-0.1, -0.05) is 0 Å². The molecule has 2 N–H and O–H groups in total. The molecule has 13 heteroatoms. The maximum atomic E-state index is 14.6. The molecule has 1 aromatic carbocycles. The maximum absolute atomic E-state index is 14.6. The van der Waals surface area contributed by atoms with Gasteiger partial charge in [0.05, 0.1) is 31.0 Å². The zero-order chi connectivity index (χ0) is 26.7. The van der Waals surface area contributed by atoms with Crippen molar-refractivity contribution in [2.75, 3.05) is 18.4 Å². The number of aromatic nitrogens is 3. The number of hydrogen-bond donors (Lipinski definition) is 2. The van der Waals surface area contributed by atoms with E-state index in [0.717, 1.165) is 30.9 Å². The van der Waals surface area contributed by atoms with Crippen LogP contribution in [-0.2, 0) is 11.4 Å². The van der Waals surface area contributed by atoms with E-state index in [1.807, 2.05) is 0 Å². The van der Waals surface area contributed by atoms with Crippen LogP contribution in [0.2, 0.25) is 0 Å². The van der Waals surface area contributed by atoms with Crippen LogP contribution in [0.4, 0.5) is 23.4 Å². The third kappa shape index (κ3) is 5.94. The number of nitrogens with one attached hydrogen (secondary N) is 1. The minimum Gasteiger partial charge on any atom is -0.619 e. The molecule has 1 fully saturated rings. The predicted molar refractivity (Wildman–Crippen MR) is 122 cm³/mol. The van der Waals surface area contributed by atoms with Crippen molar-refractivity contribution >= 4 is 11.7 Å². The van der Waals surface area contributed by atoms with E-state index in [0.29, 0.717) is 16.4 Å². The number of likely N-dealkylation sites (tertiary alicyclic amines) is 1. The monoisotopic (exact) mass is 521 g/mol. The van der Waals surface area contributed by atoms with E-state index in [-0.39, 0.29) is 30.4 Å². The Bertz CT molecular complexity index is 1260. The van der Waals surface area contributed by atoms with Gasteiger partial charge in [0.25, 0.3) is 5.92 Å². The summed E-state index contributed by atoms with van der Waals surface area (Å²) in [5.41, 5.74) is 0.177. The Hall–Kier alpha value is -3.84. The summed E-state index contributed by atoms with van der Waals surface area (Å²) in [4.78, 5) is 22.3. The van der Waals surface area contributed by atoms with Crippen LogP contribution < -0.4 is 14.8 Å². The second-order valence-corrected chi connectivity index (χ2v) is 8.59. The van der Waals surface area contributed by atoms with Gasteiger partial charge in [0.1, 0.15) is 5.82 Å². The summed E-state index contributed by atoms with van der Waals surface area (Å²) in [6.07, 6.45) is 4.10. The number of aliphatic hydroxyl groups is 1. The average molecular weight is 521 g/mol. The first-order valence-corrected chi connectivity index (χ1v) is 11.3. The van der Waals surface area contributed by atoms with Crippen LogP contribution in [0.3, 0.4) is 0 Å². The number of rotatable bonds is 7. The summed E-state index contributed by atoms with van der Waals surface area (Å²) < 4.78 is 62.4. The Morgan fingerprint density at radius 3 is 2.68 bits per heavy atom. The Kier molecular flexibility index (Phi) is 7.55. The molecule has 3 aromatic rings. The summed E-state index contributed by atoms with van der Waals surface area (Å²) >= 11 is 0. The number of benzene rings is 1. The van der Waals surface area contributed by atoms with Crippen LogP contribution in [0.25, 0.3) is 0 Å². The van der Waals surface area contributed by atoms with Gasteiger partial charge in [0, 0.05) is 43.3 Å². The number of alkyl halides is 2. The molecular formula is C24H23F4N5O4. The van der Waals surface area contributed by atoms with Gasteiger partial charge in [-0.25, -0.2) is 27.5 Å². The van der Waals surface area contributed by atoms with E-state index in [9.17, 15) is 32.7 Å². The molecule has 37 heavy (non-hydrogen) atoms. The SMILES string of the molecule is C[C@@H](C(=O)Nc1cnc(Oc2c(F)cc(F)cc2CO)cn1)N1CCC(F)(F)[C@@H](c2cc[n+]([O-])cc2)C1. The molecule has 1 aliphatic rings. The van der Waals surface area contributed by atoms with Crippen molar-refractivity contribution in [2.45, 2.75) is 37.8 Å². The number of piperidine rings is 1. The van der Waals surface area contributed by atoms with Crippen molar-refractivity contribution in [1.29, 1.82) is 0 Å². The highest BCUT2D eigenvalue weighted by Gasteiger charge is 2.46. The highest BCUT2D eigenvalue weighted by Crippen LogP contribution is 2.40. The lowest BCUT2D eigenvalue weighted by Gasteiger charge is -2.40. The van der Waals surface area contributed by atoms with E-state index < -0.39 is 54.2 Å². The molecule has 0 unspecified atom stereocenters. The number of hydrogen-bond acceptors (Lipinski definition) is 7. The van der Waals surface area contributed by atoms with Gasteiger partial charge < -0.3 is 20.4 Å². The zero-order valence-corrected chi connectivity index (χ0v) is 19.6. The van der Waals surface area contributed by atoms with Crippen LogP contribution in [-0.4, -0.2) is 50.9 Å². The largest absolute Gasteiger partial charge is 0.619 e. The van der Waals surface area contributed by atoms with Crippen molar-refractivity contribution in [3.05, 3.63) is 77.0 Å². The molecule has 3 heterocycles. The lowest BCUT2D eigenvalue weighted by atomic mass is 9.87. The van der Waals surface area contributed by atoms with Crippen LogP contribution >= 0.6 is 0 Å². The molecule has 4 rings (SSSR count). The fraction of sp³-hybridized carbons (Fsp3) is 0.333. The van der Waals surface area contributed by atoms with Gasteiger partial charge in [-0.2, -0.15) is 4.73 Å². The quantitative estimate of drug-likeness (QED) is 0.279. The zero-order valence-electron chi connectivity index (χ0n) is 19.6. The number of carbonyl (C=O) groups excluding carboxylic acids is 1. The second-order valence-electron chi connectivity index (χ2n) is 8.59. The Balaban J connectivity index is 1.41. The molecule has 1 aliphatic heterocycles. The van der Waals surface area contributed by atoms with E-state index in [4.69, 9.17) is 4.74 Å². The van der Waals surface area contributed by atoms with Crippen molar-refractivity contribution in [3.63, 3.8) is 0 Å². The van der Waals surface area contributed by atoms with Gasteiger partial charge in [-0.15, -0.1) is 0 Å². The third-order valence-electron chi connectivity index (χ3n) is 6.16. The lowest BCUT2D eigenvalue weighted by Crippen LogP contribution is -2.52. The summed E-state index contributed by atoms with van der Waals surface area (Å²) in [6, 6.07) is 3.42. The van der Waals surface area contributed by atoms with E-state index in [1.54, 1.807) is 11.8 Å². The molecule has 196 valence electrons. The van der Waals surface area contributed by atoms with Crippen LogP contribution in [0.5, 0.6) is 11.6 Å². The molecule has 0 bridgehead atoms. The van der Waals surface area contributed by atoms with Crippen LogP contribution in [0.1, 0.15) is 30.4 Å². The third-order valence-corrected chi connectivity index (χ3v) is 6.16. The topological polar surface area (TPSA) is 115 Å². The van der Waals surface area contributed by atoms with E-state index >= 15 is 0 Å². The van der Waals surface area contributed by atoms with Gasteiger partial charge in [-0.3, -0.25) is 9.69 Å². The number of anilines is 1. The number of aliphatic hydroxyl groups excluding tert-OH is 1. The lowest BCUT2D eigenvalue weighted by molar-refractivity contribution is -0.605. The fourth-order valence-electron chi connectivity index (χ4n) is 4.06. The Labute approximate surface area is 208 Å². The molecule has 0 radical (unpaired) electrons.